The van der Waals surface area contributed by atoms with E-state index < -0.39 is 36.1 Å². The van der Waals surface area contributed by atoms with Gasteiger partial charge in [0.25, 0.3) is 5.91 Å². The van der Waals surface area contributed by atoms with E-state index in [4.69, 9.17) is 4.74 Å². The van der Waals surface area contributed by atoms with Crippen molar-refractivity contribution in [3.63, 3.8) is 0 Å². The van der Waals surface area contributed by atoms with Gasteiger partial charge >= 0.3 is 6.18 Å². The number of halogens is 4. The van der Waals surface area contributed by atoms with Gasteiger partial charge in [0, 0.05) is 19.4 Å². The summed E-state index contributed by atoms with van der Waals surface area (Å²) in [5, 5.41) is 2.72. The molecule has 1 N–H and O–H groups in total. The van der Waals surface area contributed by atoms with Crippen LogP contribution in [0.15, 0.2) is 60.9 Å². The van der Waals surface area contributed by atoms with Crippen molar-refractivity contribution in [2.75, 3.05) is 6.61 Å². The first kappa shape index (κ1) is 20.4. The minimum Gasteiger partial charge on any atom is -0.484 e. The highest BCUT2D eigenvalue weighted by atomic mass is 19.4. The number of imidazole rings is 1. The second-order valence-corrected chi connectivity index (χ2v) is 6.26. The molecule has 1 atom stereocenters. The number of alkyl halides is 3. The van der Waals surface area contributed by atoms with Gasteiger partial charge in [-0.05, 0) is 42.0 Å². The maximum absolute atomic E-state index is 13.6. The summed E-state index contributed by atoms with van der Waals surface area (Å²) in [4.78, 5) is 16.6. The van der Waals surface area contributed by atoms with Crippen LogP contribution in [-0.4, -0.2) is 22.1 Å². The van der Waals surface area contributed by atoms with E-state index in [0.717, 1.165) is 24.3 Å². The van der Waals surface area contributed by atoms with Crippen LogP contribution in [0.1, 0.15) is 23.0 Å². The molecule has 0 saturated carbocycles. The fraction of sp³-hybridized carbons (Fsp3) is 0.200. The van der Waals surface area contributed by atoms with Gasteiger partial charge in [0.2, 0.25) is 0 Å². The van der Waals surface area contributed by atoms with Crippen LogP contribution in [0.25, 0.3) is 0 Å². The fourth-order valence-electron chi connectivity index (χ4n) is 2.73. The molecule has 152 valence electrons. The number of rotatable bonds is 6. The summed E-state index contributed by atoms with van der Waals surface area (Å²) in [6.45, 7) is -0.429. The second kappa shape index (κ2) is 8.34. The number of hydrogen-bond donors (Lipinski definition) is 1. The van der Waals surface area contributed by atoms with Gasteiger partial charge in [0.1, 0.15) is 23.4 Å². The summed E-state index contributed by atoms with van der Waals surface area (Å²) in [7, 11) is 1.74. The largest absolute Gasteiger partial charge is 0.484 e. The Morgan fingerprint density at radius 3 is 2.52 bits per heavy atom. The third-order valence-electron chi connectivity index (χ3n) is 4.16. The Hall–Kier alpha value is -3.36. The first-order chi connectivity index (χ1) is 13.7. The number of amides is 1. The predicted molar refractivity (Wildman–Crippen MR) is 96.5 cm³/mol. The van der Waals surface area contributed by atoms with Crippen molar-refractivity contribution >= 4 is 5.91 Å². The number of benzene rings is 2. The van der Waals surface area contributed by atoms with Crippen LogP contribution < -0.4 is 10.1 Å². The number of nitrogens with one attached hydrogen (secondary N) is 1. The smallest absolute Gasteiger partial charge is 0.416 e. The van der Waals surface area contributed by atoms with Gasteiger partial charge in [0.15, 0.2) is 6.61 Å². The molecular formula is C20H17F4N3O2. The molecular weight excluding hydrogens is 390 g/mol. The lowest BCUT2D eigenvalue weighted by atomic mass is 10.1. The van der Waals surface area contributed by atoms with Crippen molar-refractivity contribution in [3.05, 3.63) is 83.7 Å². The molecule has 5 nitrogen and oxygen atoms in total. The molecule has 9 heteroatoms. The Balaban J connectivity index is 1.70. The normalized spacial score (nSPS) is 12.4. The van der Waals surface area contributed by atoms with Crippen molar-refractivity contribution in [2.45, 2.75) is 12.2 Å². The SMILES string of the molecule is Cn1ccnc1[C@@H](NC(=O)COc1ccc(C(F)(F)F)cc1)c1cccc(F)c1. The van der Waals surface area contributed by atoms with Crippen molar-refractivity contribution in [2.24, 2.45) is 7.05 Å². The Bertz CT molecular complexity index is 984. The lowest BCUT2D eigenvalue weighted by Crippen LogP contribution is -2.34. The quantitative estimate of drug-likeness (QED) is 0.632. The van der Waals surface area contributed by atoms with Crippen molar-refractivity contribution in [1.82, 2.24) is 14.9 Å². The predicted octanol–water partition coefficient (Wildman–Crippen LogP) is 3.86. The van der Waals surface area contributed by atoms with E-state index in [2.05, 4.69) is 10.3 Å². The molecule has 0 spiro atoms. The van der Waals surface area contributed by atoms with E-state index in [1.807, 2.05) is 0 Å². The van der Waals surface area contributed by atoms with Gasteiger partial charge in [-0.3, -0.25) is 4.79 Å². The second-order valence-electron chi connectivity index (χ2n) is 6.26. The van der Waals surface area contributed by atoms with E-state index in [1.54, 1.807) is 30.1 Å². The summed E-state index contributed by atoms with van der Waals surface area (Å²) >= 11 is 0. The summed E-state index contributed by atoms with van der Waals surface area (Å²) < 4.78 is 58.4. The van der Waals surface area contributed by atoms with E-state index in [-0.39, 0.29) is 5.75 Å². The maximum atomic E-state index is 13.6. The summed E-state index contributed by atoms with van der Waals surface area (Å²) in [6, 6.07) is 9.04. The topological polar surface area (TPSA) is 56.2 Å². The van der Waals surface area contributed by atoms with Gasteiger partial charge in [0.05, 0.1) is 5.56 Å². The van der Waals surface area contributed by atoms with Crippen molar-refractivity contribution in [1.29, 1.82) is 0 Å². The molecule has 1 heterocycles. The highest BCUT2D eigenvalue weighted by molar-refractivity contribution is 5.78. The zero-order valence-corrected chi connectivity index (χ0v) is 15.3. The molecule has 3 rings (SSSR count). The van der Waals surface area contributed by atoms with Crippen LogP contribution in [0.3, 0.4) is 0 Å². The van der Waals surface area contributed by atoms with Crippen LogP contribution in [0.5, 0.6) is 5.75 Å². The Labute approximate surface area is 163 Å². The highest BCUT2D eigenvalue weighted by Gasteiger charge is 2.30. The number of carbonyl (C=O) groups is 1. The fourth-order valence-corrected chi connectivity index (χ4v) is 2.73. The van der Waals surface area contributed by atoms with Crippen LogP contribution in [0.2, 0.25) is 0 Å². The Morgan fingerprint density at radius 2 is 1.93 bits per heavy atom. The molecule has 0 aliphatic carbocycles. The monoisotopic (exact) mass is 407 g/mol. The summed E-state index contributed by atoms with van der Waals surface area (Å²) in [5.74, 6) is -0.398. The average Bonchev–Trinajstić information content (AvgIpc) is 3.09. The number of nitrogens with zero attached hydrogens (tertiary/aromatic N) is 2. The van der Waals surface area contributed by atoms with E-state index in [1.165, 1.54) is 18.2 Å². The maximum Gasteiger partial charge on any atom is 0.416 e. The van der Waals surface area contributed by atoms with Crippen molar-refractivity contribution in [3.8, 4) is 5.75 Å². The Morgan fingerprint density at radius 1 is 1.21 bits per heavy atom. The molecule has 3 aromatic rings. The van der Waals surface area contributed by atoms with Gasteiger partial charge in [-0.1, -0.05) is 12.1 Å². The van der Waals surface area contributed by atoms with Crippen LogP contribution in [0.4, 0.5) is 17.6 Å². The summed E-state index contributed by atoms with van der Waals surface area (Å²) in [6.07, 6.45) is -1.21. The van der Waals surface area contributed by atoms with E-state index in [0.29, 0.717) is 11.4 Å². The molecule has 1 amide bonds. The van der Waals surface area contributed by atoms with Crippen molar-refractivity contribution < 1.29 is 27.1 Å². The first-order valence-electron chi connectivity index (χ1n) is 8.56. The minimum absolute atomic E-state index is 0.118. The molecule has 0 aliphatic rings. The molecule has 0 fully saturated rings. The Kier molecular flexibility index (Phi) is 5.86. The molecule has 2 aromatic carbocycles. The zero-order chi connectivity index (χ0) is 21.0. The van der Waals surface area contributed by atoms with Gasteiger partial charge in [-0.2, -0.15) is 13.2 Å². The number of aryl methyl sites for hydroxylation is 1. The average molecular weight is 407 g/mol. The zero-order valence-electron chi connectivity index (χ0n) is 15.3. The lowest BCUT2D eigenvalue weighted by molar-refractivity contribution is -0.137. The summed E-state index contributed by atoms with van der Waals surface area (Å²) in [5.41, 5.74) is -0.322. The molecule has 0 radical (unpaired) electrons. The number of aromatic nitrogens is 2. The molecule has 0 bridgehead atoms. The number of ether oxygens (including phenoxy) is 1. The van der Waals surface area contributed by atoms with Gasteiger partial charge in [-0.15, -0.1) is 0 Å². The molecule has 29 heavy (non-hydrogen) atoms. The molecule has 0 unspecified atom stereocenters. The third kappa shape index (κ3) is 5.13. The molecule has 1 aromatic heterocycles. The minimum atomic E-state index is -4.45. The van der Waals surface area contributed by atoms with E-state index in [9.17, 15) is 22.4 Å². The third-order valence-corrected chi connectivity index (χ3v) is 4.16. The molecule has 0 saturated heterocycles. The number of hydrogen-bond acceptors (Lipinski definition) is 3. The van der Waals surface area contributed by atoms with Gasteiger partial charge in [-0.25, -0.2) is 9.37 Å². The van der Waals surface area contributed by atoms with Crippen LogP contribution >= 0.6 is 0 Å². The van der Waals surface area contributed by atoms with Crippen LogP contribution in [0, 0.1) is 5.82 Å². The highest BCUT2D eigenvalue weighted by Crippen LogP contribution is 2.30. The van der Waals surface area contributed by atoms with E-state index >= 15 is 0 Å². The lowest BCUT2D eigenvalue weighted by Gasteiger charge is -2.19. The first-order valence-corrected chi connectivity index (χ1v) is 8.56. The number of carbonyl (C=O) groups excluding carboxylic acids is 1. The van der Waals surface area contributed by atoms with Crippen LogP contribution in [-0.2, 0) is 18.0 Å². The standard InChI is InChI=1S/C20H17F4N3O2/c1-27-10-9-25-19(27)18(13-3-2-4-15(21)11-13)26-17(28)12-29-16-7-5-14(6-8-16)20(22,23)24/h2-11,18H,12H2,1H3,(H,26,28)/t18-/m0/s1. The van der Waals surface area contributed by atoms with Gasteiger partial charge < -0.3 is 14.6 Å². The molecule has 0 aliphatic heterocycles.